The van der Waals surface area contributed by atoms with Crippen molar-refractivity contribution in [1.82, 2.24) is 0 Å². The van der Waals surface area contributed by atoms with Gasteiger partial charge in [0.1, 0.15) is 11.1 Å². The summed E-state index contributed by atoms with van der Waals surface area (Å²) < 4.78 is 26.8. The molecule has 0 saturated carbocycles. The molecule has 1 aromatic carbocycles. The minimum atomic E-state index is -1.75. The quantitative estimate of drug-likeness (QED) is 0.513. The first-order chi connectivity index (χ1) is 10.3. The van der Waals surface area contributed by atoms with Crippen molar-refractivity contribution in [2.24, 2.45) is 0 Å². The fraction of sp³-hybridized carbons (Fsp3) is 0. The van der Waals surface area contributed by atoms with Crippen LogP contribution in [0.1, 0.15) is 20.7 Å². The minimum Gasteiger partial charge on any atom is -0.618 e. The number of rotatable bonds is 3. The van der Waals surface area contributed by atoms with Crippen LogP contribution in [0.25, 0.3) is 0 Å². The molecule has 0 unspecified atom stereocenters. The fourth-order valence-corrected chi connectivity index (χ4v) is 1.77. The molecular formula is C13H7ClF2N2O4. The number of hydrogen-bond donors (Lipinski definition) is 2. The monoisotopic (exact) mass is 328 g/mol. The lowest BCUT2D eigenvalue weighted by Gasteiger charge is -2.09. The maximum absolute atomic E-state index is 13.5. The van der Waals surface area contributed by atoms with Gasteiger partial charge in [0, 0.05) is 6.07 Å². The number of carboxylic acids is 1. The van der Waals surface area contributed by atoms with Crippen molar-refractivity contribution in [3.63, 3.8) is 0 Å². The van der Waals surface area contributed by atoms with E-state index in [1.807, 2.05) is 0 Å². The zero-order valence-corrected chi connectivity index (χ0v) is 11.4. The summed E-state index contributed by atoms with van der Waals surface area (Å²) in [6.45, 7) is 0. The summed E-state index contributed by atoms with van der Waals surface area (Å²) in [6, 6.07) is 3.95. The molecular weight excluding hydrogens is 322 g/mol. The molecule has 1 amide bonds. The molecule has 2 N–H and O–H groups in total. The van der Waals surface area contributed by atoms with E-state index in [2.05, 4.69) is 5.32 Å². The number of nitrogens with zero attached hydrogens (tertiary/aromatic N) is 1. The minimum absolute atomic E-state index is 0.138. The Kier molecular flexibility index (Phi) is 4.22. The Morgan fingerprint density at radius 3 is 2.50 bits per heavy atom. The molecule has 0 spiro atoms. The van der Waals surface area contributed by atoms with Gasteiger partial charge in [0.05, 0.1) is 5.69 Å². The van der Waals surface area contributed by atoms with Crippen molar-refractivity contribution < 1.29 is 28.2 Å². The Morgan fingerprint density at radius 2 is 1.91 bits per heavy atom. The summed E-state index contributed by atoms with van der Waals surface area (Å²) in [5.74, 6) is -5.59. The summed E-state index contributed by atoms with van der Waals surface area (Å²) >= 11 is 5.50. The third-order valence-electron chi connectivity index (χ3n) is 2.69. The molecule has 0 atom stereocenters. The normalized spacial score (nSPS) is 10.3. The van der Waals surface area contributed by atoms with Crippen LogP contribution in [0.15, 0.2) is 30.5 Å². The number of halogens is 3. The second-order valence-electron chi connectivity index (χ2n) is 4.11. The van der Waals surface area contributed by atoms with Gasteiger partial charge in [0.15, 0.2) is 17.8 Å². The van der Waals surface area contributed by atoms with Crippen LogP contribution in [0.4, 0.5) is 14.5 Å². The molecule has 2 rings (SSSR count). The smallest absolute Gasteiger partial charge is 0.340 e. The van der Waals surface area contributed by atoms with E-state index in [-0.39, 0.29) is 15.4 Å². The van der Waals surface area contributed by atoms with Crippen LogP contribution in [-0.4, -0.2) is 17.0 Å². The highest BCUT2D eigenvalue weighted by Gasteiger charge is 2.22. The molecule has 6 nitrogen and oxygen atoms in total. The number of hydrogen-bond acceptors (Lipinski definition) is 3. The predicted molar refractivity (Wildman–Crippen MR) is 71.7 cm³/mol. The van der Waals surface area contributed by atoms with Gasteiger partial charge in [-0.3, -0.25) is 4.79 Å². The van der Waals surface area contributed by atoms with Crippen LogP contribution in [-0.2, 0) is 0 Å². The number of aromatic nitrogens is 1. The zero-order valence-electron chi connectivity index (χ0n) is 10.6. The lowest BCUT2D eigenvalue weighted by Crippen LogP contribution is -2.29. The molecule has 0 saturated heterocycles. The van der Waals surface area contributed by atoms with Crippen molar-refractivity contribution in [2.75, 3.05) is 5.32 Å². The van der Waals surface area contributed by atoms with E-state index < -0.39 is 34.8 Å². The molecule has 22 heavy (non-hydrogen) atoms. The Hall–Kier alpha value is -2.74. The highest BCUT2D eigenvalue weighted by molar-refractivity contribution is 6.28. The molecule has 2 aromatic rings. The second-order valence-corrected chi connectivity index (χ2v) is 4.50. The van der Waals surface area contributed by atoms with Crippen LogP contribution < -0.4 is 10.0 Å². The van der Waals surface area contributed by atoms with E-state index in [0.717, 1.165) is 18.3 Å². The van der Waals surface area contributed by atoms with Crippen LogP contribution in [0, 0.1) is 16.8 Å². The number of anilines is 1. The molecule has 9 heteroatoms. The standard InChI is InChI=1S/C13H7ClF2N2O4/c14-9-4-1-6(5-18(9)22)12(19)17-8-3-2-7(15)11(16)10(8)13(20)21/h1-5H,(H,17,19)(H,20,21). The van der Waals surface area contributed by atoms with Crippen molar-refractivity contribution in [2.45, 2.75) is 0 Å². The van der Waals surface area contributed by atoms with E-state index in [4.69, 9.17) is 16.7 Å². The van der Waals surface area contributed by atoms with Gasteiger partial charge in [-0.1, -0.05) is 0 Å². The third kappa shape index (κ3) is 2.96. The lowest BCUT2D eigenvalue weighted by molar-refractivity contribution is -0.603. The van der Waals surface area contributed by atoms with E-state index in [1.165, 1.54) is 6.07 Å². The molecule has 1 aromatic heterocycles. The van der Waals surface area contributed by atoms with E-state index >= 15 is 0 Å². The number of benzene rings is 1. The Labute approximate surface area is 127 Å². The topological polar surface area (TPSA) is 93.3 Å². The maximum atomic E-state index is 13.5. The predicted octanol–water partition coefficient (Wildman–Crippen LogP) is 2.20. The van der Waals surface area contributed by atoms with E-state index in [0.29, 0.717) is 6.07 Å². The van der Waals surface area contributed by atoms with Crippen LogP contribution >= 0.6 is 11.6 Å². The van der Waals surface area contributed by atoms with Crippen molar-refractivity contribution in [1.29, 1.82) is 0 Å². The Morgan fingerprint density at radius 1 is 1.23 bits per heavy atom. The van der Waals surface area contributed by atoms with Gasteiger partial charge in [0.2, 0.25) is 0 Å². The van der Waals surface area contributed by atoms with E-state index in [9.17, 15) is 23.6 Å². The number of carboxylic acid groups (broad SMARTS) is 1. The lowest BCUT2D eigenvalue weighted by atomic mass is 10.1. The summed E-state index contributed by atoms with van der Waals surface area (Å²) in [4.78, 5) is 22.9. The number of pyridine rings is 1. The Bertz CT molecular complexity index is 783. The molecule has 0 radical (unpaired) electrons. The average Bonchev–Trinajstić information content (AvgIpc) is 2.45. The van der Waals surface area contributed by atoms with Gasteiger partial charge in [-0.25, -0.2) is 13.6 Å². The van der Waals surface area contributed by atoms with Gasteiger partial charge in [-0.2, -0.15) is 4.73 Å². The van der Waals surface area contributed by atoms with Crippen molar-refractivity contribution in [3.8, 4) is 0 Å². The van der Waals surface area contributed by atoms with Gasteiger partial charge in [-0.15, -0.1) is 0 Å². The van der Waals surface area contributed by atoms with Gasteiger partial charge >= 0.3 is 5.97 Å². The first-order valence-electron chi connectivity index (χ1n) is 5.72. The molecule has 0 aliphatic carbocycles. The zero-order chi connectivity index (χ0) is 16.4. The highest BCUT2D eigenvalue weighted by atomic mass is 35.5. The molecule has 0 fully saturated rings. The third-order valence-corrected chi connectivity index (χ3v) is 2.98. The van der Waals surface area contributed by atoms with E-state index in [1.54, 1.807) is 0 Å². The number of carbonyl (C=O) groups excluding carboxylic acids is 1. The van der Waals surface area contributed by atoms with Gasteiger partial charge in [0.25, 0.3) is 11.1 Å². The second kappa shape index (κ2) is 5.94. The molecule has 114 valence electrons. The Balaban J connectivity index is 2.38. The molecule has 1 heterocycles. The first-order valence-corrected chi connectivity index (χ1v) is 6.10. The number of nitrogens with one attached hydrogen (secondary N) is 1. The van der Waals surface area contributed by atoms with Crippen molar-refractivity contribution in [3.05, 3.63) is 63.6 Å². The molecule has 0 bridgehead atoms. The summed E-state index contributed by atoms with van der Waals surface area (Å²) in [5.41, 5.74) is -1.60. The summed E-state index contributed by atoms with van der Waals surface area (Å²) in [6.07, 6.45) is 0.859. The van der Waals surface area contributed by atoms with Crippen LogP contribution in [0.5, 0.6) is 0 Å². The summed E-state index contributed by atoms with van der Waals surface area (Å²) in [7, 11) is 0. The number of aromatic carboxylic acids is 1. The highest BCUT2D eigenvalue weighted by Crippen LogP contribution is 2.22. The van der Waals surface area contributed by atoms with Gasteiger partial charge < -0.3 is 15.6 Å². The number of carbonyl (C=O) groups is 2. The van der Waals surface area contributed by atoms with Crippen molar-refractivity contribution >= 4 is 29.2 Å². The summed E-state index contributed by atoms with van der Waals surface area (Å²) in [5, 5.41) is 22.1. The average molecular weight is 329 g/mol. The van der Waals surface area contributed by atoms with Gasteiger partial charge in [-0.05, 0) is 29.8 Å². The number of amides is 1. The van der Waals surface area contributed by atoms with Crippen LogP contribution in [0.2, 0.25) is 5.15 Å². The largest absolute Gasteiger partial charge is 0.618 e. The molecule has 0 aliphatic heterocycles. The fourth-order valence-electron chi connectivity index (χ4n) is 1.66. The molecule has 0 aliphatic rings. The van der Waals surface area contributed by atoms with Crippen LogP contribution in [0.3, 0.4) is 0 Å². The SMILES string of the molecule is O=C(Nc1ccc(F)c(F)c1C(=O)O)c1ccc(Cl)[n+]([O-])c1. The first kappa shape index (κ1) is 15.6. The maximum Gasteiger partial charge on any atom is 0.340 e.